The minimum atomic E-state index is -0.522. The molecule has 0 aliphatic rings. The second kappa shape index (κ2) is 7.69. The molecule has 0 aliphatic carbocycles. The Morgan fingerprint density at radius 1 is 1.22 bits per heavy atom. The number of rotatable bonds is 6. The van der Waals surface area contributed by atoms with Crippen molar-refractivity contribution in [3.8, 4) is 5.75 Å². The van der Waals surface area contributed by atoms with Crippen molar-refractivity contribution < 1.29 is 14.5 Å². The Bertz CT molecular complexity index is 709. The van der Waals surface area contributed by atoms with Crippen molar-refractivity contribution in [3.63, 3.8) is 0 Å². The van der Waals surface area contributed by atoms with Gasteiger partial charge in [0, 0.05) is 17.7 Å². The second-order valence-electron chi connectivity index (χ2n) is 4.51. The normalized spacial score (nSPS) is 10.5. The minimum absolute atomic E-state index is 0.0700. The van der Waals surface area contributed by atoms with Crippen molar-refractivity contribution in [2.75, 3.05) is 6.61 Å². The van der Waals surface area contributed by atoms with E-state index in [1.807, 2.05) is 31.2 Å². The van der Waals surface area contributed by atoms with Gasteiger partial charge in [-0.05, 0) is 48.9 Å². The molecule has 0 aliphatic heterocycles. The predicted octanol–water partition coefficient (Wildman–Crippen LogP) is 2.76. The largest absolute Gasteiger partial charge is 0.494 e. The van der Waals surface area contributed by atoms with Crippen LogP contribution in [0.25, 0.3) is 0 Å². The summed E-state index contributed by atoms with van der Waals surface area (Å²) in [6.45, 7) is 2.50. The van der Waals surface area contributed by atoms with Gasteiger partial charge in [-0.3, -0.25) is 14.9 Å². The van der Waals surface area contributed by atoms with E-state index in [1.165, 1.54) is 30.5 Å². The molecule has 0 bridgehead atoms. The van der Waals surface area contributed by atoms with E-state index in [4.69, 9.17) is 4.74 Å². The maximum Gasteiger partial charge on any atom is 0.271 e. The summed E-state index contributed by atoms with van der Waals surface area (Å²) in [5, 5.41) is 14.4. The average Bonchev–Trinajstić information content (AvgIpc) is 2.56. The maximum atomic E-state index is 11.8. The summed E-state index contributed by atoms with van der Waals surface area (Å²) in [6, 6.07) is 12.5. The lowest BCUT2D eigenvalue weighted by Crippen LogP contribution is -2.17. The summed E-state index contributed by atoms with van der Waals surface area (Å²) in [4.78, 5) is 21.9. The maximum absolute atomic E-state index is 11.8. The van der Waals surface area contributed by atoms with Crippen LogP contribution in [0.15, 0.2) is 53.6 Å². The fourth-order valence-electron chi connectivity index (χ4n) is 1.78. The molecule has 118 valence electrons. The minimum Gasteiger partial charge on any atom is -0.494 e. The highest BCUT2D eigenvalue weighted by molar-refractivity contribution is 5.95. The number of nitrogens with zero attached hydrogens (tertiary/aromatic N) is 2. The van der Waals surface area contributed by atoms with Crippen LogP contribution in [0.1, 0.15) is 22.8 Å². The number of nitro groups is 1. The number of ether oxygens (including phenoxy) is 1. The SMILES string of the molecule is CCOc1ccc(/C=N/NC(=O)c2ccc([N+](=O)[O-])cc2)cc1. The van der Waals surface area contributed by atoms with Gasteiger partial charge < -0.3 is 4.74 Å². The van der Waals surface area contributed by atoms with Gasteiger partial charge in [0.25, 0.3) is 11.6 Å². The summed E-state index contributed by atoms with van der Waals surface area (Å²) in [7, 11) is 0. The molecule has 0 unspecified atom stereocenters. The molecule has 1 N–H and O–H groups in total. The molecule has 7 nitrogen and oxygen atoms in total. The van der Waals surface area contributed by atoms with Gasteiger partial charge in [0.15, 0.2) is 0 Å². The van der Waals surface area contributed by atoms with Crippen molar-refractivity contribution in [1.29, 1.82) is 0 Å². The summed E-state index contributed by atoms with van der Waals surface area (Å²) in [6.07, 6.45) is 1.50. The van der Waals surface area contributed by atoms with Crippen molar-refractivity contribution in [2.45, 2.75) is 6.92 Å². The van der Waals surface area contributed by atoms with E-state index in [0.717, 1.165) is 11.3 Å². The number of carbonyl (C=O) groups excluding carboxylic acids is 1. The van der Waals surface area contributed by atoms with Gasteiger partial charge >= 0.3 is 0 Å². The molecule has 23 heavy (non-hydrogen) atoms. The van der Waals surface area contributed by atoms with E-state index in [0.29, 0.717) is 12.2 Å². The first-order valence-electron chi connectivity index (χ1n) is 6.91. The highest BCUT2D eigenvalue weighted by atomic mass is 16.6. The molecule has 0 heterocycles. The molecule has 0 fully saturated rings. The van der Waals surface area contributed by atoms with Gasteiger partial charge in [-0.1, -0.05) is 0 Å². The first kappa shape index (κ1) is 16.2. The van der Waals surface area contributed by atoms with E-state index in [9.17, 15) is 14.9 Å². The monoisotopic (exact) mass is 313 g/mol. The van der Waals surface area contributed by atoms with Crippen molar-refractivity contribution in [1.82, 2.24) is 5.43 Å². The number of non-ortho nitro benzene ring substituents is 1. The van der Waals surface area contributed by atoms with Crippen LogP contribution in [0.3, 0.4) is 0 Å². The molecule has 0 radical (unpaired) electrons. The fraction of sp³-hybridized carbons (Fsp3) is 0.125. The summed E-state index contributed by atoms with van der Waals surface area (Å²) >= 11 is 0. The van der Waals surface area contributed by atoms with Gasteiger partial charge in [0.1, 0.15) is 5.75 Å². The van der Waals surface area contributed by atoms with Gasteiger partial charge in [0.2, 0.25) is 0 Å². The zero-order valence-corrected chi connectivity index (χ0v) is 12.4. The summed E-state index contributed by atoms with van der Waals surface area (Å²) < 4.78 is 5.33. The van der Waals surface area contributed by atoms with E-state index in [1.54, 1.807) is 0 Å². The Labute approximate surface area is 132 Å². The second-order valence-corrected chi connectivity index (χ2v) is 4.51. The molecule has 0 saturated heterocycles. The third-order valence-electron chi connectivity index (χ3n) is 2.91. The number of hydrazone groups is 1. The van der Waals surface area contributed by atoms with Crippen molar-refractivity contribution in [3.05, 3.63) is 69.8 Å². The molecular formula is C16H15N3O4. The Balaban J connectivity index is 1.93. The van der Waals surface area contributed by atoms with E-state index < -0.39 is 10.8 Å². The zero-order valence-electron chi connectivity index (χ0n) is 12.4. The number of hydrogen-bond acceptors (Lipinski definition) is 5. The summed E-state index contributed by atoms with van der Waals surface area (Å²) in [5.41, 5.74) is 3.39. The van der Waals surface area contributed by atoms with E-state index in [2.05, 4.69) is 10.5 Å². The number of nitrogens with one attached hydrogen (secondary N) is 1. The quantitative estimate of drug-likeness (QED) is 0.504. The molecule has 0 aromatic heterocycles. The lowest BCUT2D eigenvalue weighted by molar-refractivity contribution is -0.384. The van der Waals surface area contributed by atoms with Gasteiger partial charge in [-0.2, -0.15) is 5.10 Å². The predicted molar refractivity (Wildman–Crippen MR) is 85.8 cm³/mol. The van der Waals surface area contributed by atoms with Crippen LogP contribution in [0, 0.1) is 10.1 Å². The van der Waals surface area contributed by atoms with Crippen LogP contribution >= 0.6 is 0 Å². The third kappa shape index (κ3) is 4.63. The Kier molecular flexibility index (Phi) is 5.40. The number of nitro benzene ring substituents is 1. The Morgan fingerprint density at radius 2 is 1.87 bits per heavy atom. The first-order chi connectivity index (χ1) is 11.1. The first-order valence-corrected chi connectivity index (χ1v) is 6.91. The molecular weight excluding hydrogens is 298 g/mol. The standard InChI is InChI=1S/C16H15N3O4/c1-2-23-15-9-3-12(4-10-15)11-17-18-16(20)13-5-7-14(8-6-13)19(21)22/h3-11H,2H2,1H3,(H,18,20)/b17-11+. The van der Waals surface area contributed by atoms with Gasteiger partial charge in [-0.25, -0.2) is 5.43 Å². The lowest BCUT2D eigenvalue weighted by atomic mass is 10.2. The molecule has 2 rings (SSSR count). The fourth-order valence-corrected chi connectivity index (χ4v) is 1.78. The smallest absolute Gasteiger partial charge is 0.271 e. The lowest BCUT2D eigenvalue weighted by Gasteiger charge is -2.02. The van der Waals surface area contributed by atoms with Crippen LogP contribution in [-0.4, -0.2) is 23.7 Å². The number of carbonyl (C=O) groups is 1. The topological polar surface area (TPSA) is 93.8 Å². The van der Waals surface area contributed by atoms with Gasteiger partial charge in [-0.15, -0.1) is 0 Å². The zero-order chi connectivity index (χ0) is 16.7. The summed E-state index contributed by atoms with van der Waals surface area (Å²) in [5.74, 6) is 0.321. The van der Waals surface area contributed by atoms with Crippen LogP contribution in [-0.2, 0) is 0 Å². The third-order valence-corrected chi connectivity index (χ3v) is 2.91. The number of hydrogen-bond donors (Lipinski definition) is 1. The number of amides is 1. The van der Waals surface area contributed by atoms with E-state index >= 15 is 0 Å². The average molecular weight is 313 g/mol. The van der Waals surface area contributed by atoms with Crippen LogP contribution in [0.5, 0.6) is 5.75 Å². The van der Waals surface area contributed by atoms with E-state index in [-0.39, 0.29) is 5.69 Å². The molecule has 2 aromatic rings. The number of benzene rings is 2. The highest BCUT2D eigenvalue weighted by Gasteiger charge is 2.08. The molecule has 0 saturated carbocycles. The van der Waals surface area contributed by atoms with Crippen LogP contribution in [0.4, 0.5) is 5.69 Å². The van der Waals surface area contributed by atoms with Crippen molar-refractivity contribution >= 4 is 17.8 Å². The molecule has 7 heteroatoms. The Morgan fingerprint density at radius 3 is 2.43 bits per heavy atom. The highest BCUT2D eigenvalue weighted by Crippen LogP contribution is 2.12. The molecule has 0 spiro atoms. The molecule has 2 aromatic carbocycles. The molecule has 0 atom stereocenters. The Hall–Kier alpha value is -3.22. The van der Waals surface area contributed by atoms with Crippen molar-refractivity contribution in [2.24, 2.45) is 5.10 Å². The van der Waals surface area contributed by atoms with Gasteiger partial charge in [0.05, 0.1) is 17.7 Å². The molecule has 1 amide bonds. The van der Waals surface area contributed by atoms with Crippen LogP contribution < -0.4 is 10.2 Å². The van der Waals surface area contributed by atoms with Crippen LogP contribution in [0.2, 0.25) is 0 Å².